The molecule has 2 heterocycles. The highest BCUT2D eigenvalue weighted by atomic mass is 35.5. The second kappa shape index (κ2) is 4.56. The van der Waals surface area contributed by atoms with E-state index in [1.165, 1.54) is 0 Å². The fraction of sp³-hybridized carbons (Fsp3) is 0.800. The molecule has 0 spiro atoms. The number of aliphatic hydroxyl groups excluding tert-OH is 1. The van der Waals surface area contributed by atoms with Crippen molar-refractivity contribution in [1.29, 1.82) is 0 Å². The third-order valence-electron chi connectivity index (χ3n) is 3.28. The fourth-order valence-electron chi connectivity index (χ4n) is 2.60. The van der Waals surface area contributed by atoms with Crippen molar-refractivity contribution >= 4 is 19.4 Å². The normalized spacial score (nSPS) is 42.9. The van der Waals surface area contributed by atoms with Gasteiger partial charge in [-0.05, 0) is 36.9 Å². The van der Waals surface area contributed by atoms with Gasteiger partial charge in [-0.15, -0.1) is 0 Å². The van der Waals surface area contributed by atoms with Crippen molar-refractivity contribution in [2.45, 2.75) is 43.1 Å². The van der Waals surface area contributed by atoms with Crippen LogP contribution < -0.4 is 0 Å². The van der Waals surface area contributed by atoms with Gasteiger partial charge in [0.1, 0.15) is 14.0 Å². The number of hydrogen-bond donors (Lipinski definition) is 1. The number of halogens is 1. The number of azide groups is 1. The van der Waals surface area contributed by atoms with E-state index in [9.17, 15) is 5.11 Å². The Bertz CT molecular complexity index is 501. The summed E-state index contributed by atoms with van der Waals surface area (Å²) in [6.45, 7) is 2.86. The maximum absolute atomic E-state index is 9.56. The highest BCUT2D eigenvalue weighted by Gasteiger charge is 2.70. The van der Waals surface area contributed by atoms with Crippen molar-refractivity contribution in [3.05, 3.63) is 10.4 Å². The average molecular weight is 285 g/mol. The Morgan fingerprint density at radius 2 is 2.21 bits per heavy atom. The van der Waals surface area contributed by atoms with Gasteiger partial charge in [0.05, 0.1) is 12.6 Å². The van der Waals surface area contributed by atoms with E-state index in [1.54, 1.807) is 21.7 Å². The molecule has 7 nitrogen and oxygen atoms in total. The van der Waals surface area contributed by atoms with Gasteiger partial charge in [-0.2, -0.15) is 0 Å². The van der Waals surface area contributed by atoms with E-state index >= 15 is 0 Å². The third kappa shape index (κ3) is 1.99. The van der Waals surface area contributed by atoms with Crippen LogP contribution in [0, 0.1) is 11.3 Å². The summed E-state index contributed by atoms with van der Waals surface area (Å²) < 4.78 is 17.1. The van der Waals surface area contributed by atoms with Gasteiger partial charge in [0.2, 0.25) is 0 Å². The van der Waals surface area contributed by atoms with Crippen molar-refractivity contribution in [2.75, 3.05) is 6.61 Å². The molecule has 0 aromatic carbocycles. The molecule has 2 saturated heterocycles. The average Bonchev–Trinajstić information content (AvgIpc) is 2.71. The van der Waals surface area contributed by atoms with Crippen molar-refractivity contribution in [1.82, 2.24) is 0 Å². The molecular weight excluding hydrogens is 272 g/mol. The lowest BCUT2D eigenvalue weighted by atomic mass is 9.80. The zero-order valence-corrected chi connectivity index (χ0v) is 11.5. The molecule has 9 heteroatoms. The van der Waals surface area contributed by atoms with E-state index < -0.39 is 35.8 Å². The second-order valence-electron chi connectivity index (χ2n) is 4.96. The molecule has 19 heavy (non-hydrogen) atoms. The monoisotopic (exact) mass is 285 g/mol. The van der Waals surface area contributed by atoms with Crippen LogP contribution in [-0.2, 0) is 14.2 Å². The molecule has 4 atom stereocenters. The molecule has 102 valence electrons. The van der Waals surface area contributed by atoms with E-state index in [4.69, 9.17) is 31.3 Å². The maximum atomic E-state index is 9.56. The zero-order valence-electron chi connectivity index (χ0n) is 10.8. The summed E-state index contributed by atoms with van der Waals surface area (Å²) in [4.78, 5) is 2.72. The fourth-order valence-corrected chi connectivity index (χ4v) is 2.75. The molecule has 2 aliphatic heterocycles. The summed E-state index contributed by atoms with van der Waals surface area (Å²) in [6.07, 6.45) is -0.864. The number of aliphatic hydroxyl groups is 1. The van der Waals surface area contributed by atoms with E-state index in [0.717, 1.165) is 0 Å². The standard InChI is InChI=1S/C10H13BClN3O4/c1-8(2)17-6-9(19-8,3-4-12)7(11)18-10(6,5-16)14-15-13/h6-7,16H,5,11H2,1-2H3/t6?,7-,9?,10-/m1/s1. The second-order valence-corrected chi connectivity index (χ2v) is 5.15. The van der Waals surface area contributed by atoms with Crippen molar-refractivity contribution in [3.63, 3.8) is 0 Å². The van der Waals surface area contributed by atoms with Gasteiger partial charge in [-0.3, -0.25) is 0 Å². The summed E-state index contributed by atoms with van der Waals surface area (Å²) in [7, 11) is 1.70. The van der Waals surface area contributed by atoms with Gasteiger partial charge >= 0.3 is 0 Å². The zero-order chi connectivity index (χ0) is 14.3. The molecule has 0 saturated carbocycles. The lowest BCUT2D eigenvalue weighted by Gasteiger charge is -2.28. The number of fused-ring (bicyclic) bond motifs is 1. The van der Waals surface area contributed by atoms with Gasteiger partial charge in [0.25, 0.3) is 0 Å². The van der Waals surface area contributed by atoms with Crippen LogP contribution in [0.5, 0.6) is 0 Å². The van der Waals surface area contributed by atoms with Crippen LogP contribution in [0.15, 0.2) is 5.11 Å². The first-order chi connectivity index (χ1) is 8.86. The molecule has 1 N–H and O–H groups in total. The molecule has 0 aliphatic carbocycles. The highest BCUT2D eigenvalue weighted by molar-refractivity contribution is 6.30. The molecule has 0 aromatic heterocycles. The van der Waals surface area contributed by atoms with Crippen LogP contribution >= 0.6 is 11.6 Å². The van der Waals surface area contributed by atoms with Gasteiger partial charge in [-0.25, -0.2) is 0 Å². The summed E-state index contributed by atoms with van der Waals surface area (Å²) in [5, 5.41) is 15.4. The van der Waals surface area contributed by atoms with Crippen LogP contribution in [0.2, 0.25) is 0 Å². The molecule has 0 bridgehead atoms. The number of rotatable bonds is 2. The molecule has 0 amide bonds. The number of hydrogen-bond acceptors (Lipinski definition) is 5. The Morgan fingerprint density at radius 1 is 1.53 bits per heavy atom. The minimum absolute atomic E-state index is 0.544. The van der Waals surface area contributed by atoms with Crippen molar-refractivity contribution < 1.29 is 19.3 Å². The van der Waals surface area contributed by atoms with Gasteiger partial charge in [0.15, 0.2) is 17.1 Å². The predicted octanol–water partition coefficient (Wildman–Crippen LogP) is 0.0647. The lowest BCUT2D eigenvalue weighted by Crippen LogP contribution is -2.49. The highest BCUT2D eigenvalue weighted by Crippen LogP contribution is 2.50. The molecule has 2 aliphatic rings. The molecule has 2 unspecified atom stereocenters. The van der Waals surface area contributed by atoms with Crippen LogP contribution in [-0.4, -0.2) is 48.8 Å². The van der Waals surface area contributed by atoms with Crippen LogP contribution in [0.4, 0.5) is 0 Å². The number of nitrogens with zero attached hydrogens (tertiary/aromatic N) is 3. The van der Waals surface area contributed by atoms with E-state index in [-0.39, 0.29) is 0 Å². The Kier molecular flexibility index (Phi) is 3.48. The van der Waals surface area contributed by atoms with E-state index in [0.29, 0.717) is 0 Å². The minimum atomic E-state index is -1.57. The van der Waals surface area contributed by atoms with Gasteiger partial charge < -0.3 is 19.3 Å². The van der Waals surface area contributed by atoms with Crippen molar-refractivity contribution in [2.24, 2.45) is 5.11 Å². The first-order valence-electron chi connectivity index (χ1n) is 5.71. The third-order valence-corrected chi connectivity index (χ3v) is 3.38. The first kappa shape index (κ1) is 14.5. The Hall–Kier alpha value is -0.935. The first-order valence-corrected chi connectivity index (χ1v) is 6.09. The number of ether oxygens (including phenoxy) is 3. The Morgan fingerprint density at radius 3 is 2.74 bits per heavy atom. The summed E-state index contributed by atoms with van der Waals surface area (Å²) >= 11 is 5.50. The van der Waals surface area contributed by atoms with E-state index in [1.807, 2.05) is 0 Å². The molecule has 2 rings (SSSR count). The topological polar surface area (TPSA) is 96.7 Å². The van der Waals surface area contributed by atoms with Crippen LogP contribution in [0.25, 0.3) is 10.4 Å². The lowest BCUT2D eigenvalue weighted by molar-refractivity contribution is -0.210. The summed E-state index contributed by atoms with van der Waals surface area (Å²) in [5.74, 6) is 1.77. The minimum Gasteiger partial charge on any atom is -0.393 e. The van der Waals surface area contributed by atoms with Gasteiger partial charge in [0, 0.05) is 10.3 Å². The molecule has 0 radical (unpaired) electrons. The van der Waals surface area contributed by atoms with Gasteiger partial charge in [-0.1, -0.05) is 5.11 Å². The molecule has 0 aromatic rings. The van der Waals surface area contributed by atoms with Crippen molar-refractivity contribution in [3.8, 4) is 11.3 Å². The summed E-state index contributed by atoms with van der Waals surface area (Å²) in [6, 6.07) is -0.580. The van der Waals surface area contributed by atoms with Crippen LogP contribution in [0.1, 0.15) is 13.8 Å². The quantitative estimate of drug-likeness (QED) is 0.255. The maximum Gasteiger partial charge on any atom is 0.199 e. The van der Waals surface area contributed by atoms with E-state index in [2.05, 4.69) is 21.3 Å². The Balaban J connectivity index is 2.56. The molecule has 2 fully saturated rings. The molecular formula is C10H13BClN3O4. The Labute approximate surface area is 116 Å². The largest absolute Gasteiger partial charge is 0.393 e. The SMILES string of the molecule is B[C@@H]1O[C@@](CO)(N=[N+]=[N-])C2OC(C)(C)OC21C#CCl. The smallest absolute Gasteiger partial charge is 0.199 e. The van der Waals surface area contributed by atoms with Crippen LogP contribution in [0.3, 0.4) is 0 Å². The predicted molar refractivity (Wildman–Crippen MR) is 68.8 cm³/mol. The summed E-state index contributed by atoms with van der Waals surface area (Å²) in [5.41, 5.74) is 5.94.